The fourth-order valence-corrected chi connectivity index (χ4v) is 8.32. The highest BCUT2D eigenvalue weighted by atomic mass is 16.6. The number of unbranched alkanes of at least 4 members (excludes halogenated alkanes) is 36. The van der Waals surface area contributed by atoms with E-state index in [1.54, 1.807) is 0 Å². The number of hydrogen-bond donors (Lipinski definition) is 1. The number of ether oxygens (including phenoxy) is 2. The monoisotopic (exact) mass is 897 g/mol. The molecule has 0 bridgehead atoms. The minimum atomic E-state index is -0.773. The lowest BCUT2D eigenvalue weighted by atomic mass is 10.0. The molecule has 0 saturated heterocycles. The standard InChI is InChI=1S/C59H108O5/c1-3-5-7-9-11-13-15-17-19-21-23-24-25-26-27-28-29-30-31-32-33-34-36-38-40-42-44-46-48-50-52-54-59(62)64-57(55-60)56-63-58(61)53-51-49-47-45-43-41-39-37-35-22-20-18-16-14-12-10-8-6-4-2/h12,14-15,17-18,20-21,23,57,60H,3-11,13,16,19,22,24-56H2,1-2H3/b14-12-,17-15-,20-18-,23-21-. The summed E-state index contributed by atoms with van der Waals surface area (Å²) in [6.07, 6.45) is 72.3. The largest absolute Gasteiger partial charge is 0.462 e. The lowest BCUT2D eigenvalue weighted by Crippen LogP contribution is -2.28. The lowest BCUT2D eigenvalue weighted by Gasteiger charge is -2.15. The summed E-state index contributed by atoms with van der Waals surface area (Å²) in [6.45, 7) is 4.13. The van der Waals surface area contributed by atoms with E-state index in [1.807, 2.05) is 0 Å². The quantitative estimate of drug-likeness (QED) is 0.0374. The molecule has 0 heterocycles. The van der Waals surface area contributed by atoms with Crippen LogP contribution in [0.2, 0.25) is 0 Å². The smallest absolute Gasteiger partial charge is 0.306 e. The van der Waals surface area contributed by atoms with Gasteiger partial charge in [0.25, 0.3) is 0 Å². The van der Waals surface area contributed by atoms with Gasteiger partial charge >= 0.3 is 11.9 Å². The first kappa shape index (κ1) is 61.9. The molecule has 0 spiro atoms. The predicted octanol–water partition coefficient (Wildman–Crippen LogP) is 18.9. The van der Waals surface area contributed by atoms with Crippen molar-refractivity contribution in [3.63, 3.8) is 0 Å². The fourth-order valence-electron chi connectivity index (χ4n) is 8.32. The minimum absolute atomic E-state index is 0.0654. The Balaban J connectivity index is 3.44. The molecule has 5 heteroatoms. The van der Waals surface area contributed by atoms with Crippen molar-refractivity contribution in [3.05, 3.63) is 48.6 Å². The Morgan fingerprint density at radius 3 is 0.953 bits per heavy atom. The molecule has 1 atom stereocenters. The minimum Gasteiger partial charge on any atom is -0.462 e. The van der Waals surface area contributed by atoms with Crippen molar-refractivity contribution in [1.82, 2.24) is 0 Å². The zero-order chi connectivity index (χ0) is 46.3. The molecule has 0 aromatic heterocycles. The molecule has 0 aromatic rings. The first-order valence-electron chi connectivity index (χ1n) is 28.2. The van der Waals surface area contributed by atoms with E-state index in [1.165, 1.54) is 218 Å². The van der Waals surface area contributed by atoms with Gasteiger partial charge in [-0.15, -0.1) is 0 Å². The van der Waals surface area contributed by atoms with Gasteiger partial charge in [-0.3, -0.25) is 9.59 Å². The summed E-state index contributed by atoms with van der Waals surface area (Å²) in [5, 5.41) is 9.64. The normalized spacial score (nSPS) is 12.5. The Labute approximate surface area is 398 Å². The van der Waals surface area contributed by atoms with Gasteiger partial charge in [0.05, 0.1) is 6.61 Å². The predicted molar refractivity (Wildman–Crippen MR) is 279 cm³/mol. The van der Waals surface area contributed by atoms with Crippen LogP contribution in [0.4, 0.5) is 0 Å². The highest BCUT2D eigenvalue weighted by Gasteiger charge is 2.16. The molecule has 0 rings (SSSR count). The summed E-state index contributed by atoms with van der Waals surface area (Å²) < 4.78 is 10.7. The van der Waals surface area contributed by atoms with E-state index < -0.39 is 6.10 Å². The number of esters is 2. The number of allylic oxidation sites excluding steroid dienone is 8. The molecular weight excluding hydrogens is 789 g/mol. The summed E-state index contributed by atoms with van der Waals surface area (Å²) in [6, 6.07) is 0. The van der Waals surface area contributed by atoms with E-state index in [9.17, 15) is 14.7 Å². The molecule has 0 aliphatic carbocycles. The third-order valence-electron chi connectivity index (χ3n) is 12.6. The van der Waals surface area contributed by atoms with Crippen LogP contribution in [0, 0.1) is 0 Å². The molecule has 0 aliphatic heterocycles. The SMILES string of the molecule is CCCCC/C=C\C/C=C\CCCCCCCCCCCC(=O)OCC(CO)OC(=O)CCCCCCCCCCCCCCCCCCCCC/C=C\C/C=C\CCCCCCC. The topological polar surface area (TPSA) is 72.8 Å². The van der Waals surface area contributed by atoms with Gasteiger partial charge in [-0.05, 0) is 77.0 Å². The highest BCUT2D eigenvalue weighted by Crippen LogP contribution is 2.17. The molecule has 0 aliphatic rings. The first-order valence-corrected chi connectivity index (χ1v) is 28.2. The van der Waals surface area contributed by atoms with Crippen LogP contribution in [-0.2, 0) is 19.1 Å². The molecule has 0 amide bonds. The first-order chi connectivity index (χ1) is 31.6. The van der Waals surface area contributed by atoms with E-state index in [-0.39, 0.29) is 25.2 Å². The summed E-state index contributed by atoms with van der Waals surface area (Å²) in [5.74, 6) is -0.583. The Kier molecular flexibility index (Phi) is 53.3. The van der Waals surface area contributed by atoms with Gasteiger partial charge in [0.15, 0.2) is 6.10 Å². The number of aliphatic hydroxyl groups is 1. The van der Waals surface area contributed by atoms with Crippen molar-refractivity contribution in [2.45, 2.75) is 302 Å². The molecule has 0 aromatic carbocycles. The zero-order valence-corrected chi connectivity index (χ0v) is 42.8. The maximum absolute atomic E-state index is 12.3. The van der Waals surface area contributed by atoms with Crippen molar-refractivity contribution in [2.75, 3.05) is 13.2 Å². The van der Waals surface area contributed by atoms with Gasteiger partial charge < -0.3 is 14.6 Å². The Hall–Kier alpha value is -2.14. The molecule has 0 saturated carbocycles. The van der Waals surface area contributed by atoms with Crippen LogP contribution >= 0.6 is 0 Å². The average molecular weight is 898 g/mol. The van der Waals surface area contributed by atoms with Gasteiger partial charge in [0.1, 0.15) is 6.61 Å². The van der Waals surface area contributed by atoms with Crippen LogP contribution in [0.5, 0.6) is 0 Å². The van der Waals surface area contributed by atoms with E-state index in [0.717, 1.165) is 51.4 Å². The average Bonchev–Trinajstić information content (AvgIpc) is 3.30. The van der Waals surface area contributed by atoms with Crippen LogP contribution in [0.3, 0.4) is 0 Å². The van der Waals surface area contributed by atoms with Gasteiger partial charge in [-0.25, -0.2) is 0 Å². The van der Waals surface area contributed by atoms with E-state index >= 15 is 0 Å². The second-order valence-corrected chi connectivity index (χ2v) is 19.0. The van der Waals surface area contributed by atoms with Gasteiger partial charge in [0, 0.05) is 12.8 Å². The molecule has 5 nitrogen and oxygen atoms in total. The number of carbonyl (C=O) groups is 2. The van der Waals surface area contributed by atoms with Crippen LogP contribution in [-0.4, -0.2) is 36.4 Å². The number of hydrogen-bond acceptors (Lipinski definition) is 5. The van der Waals surface area contributed by atoms with Gasteiger partial charge in [-0.1, -0.05) is 255 Å². The molecule has 1 N–H and O–H groups in total. The Bertz CT molecular complexity index is 1060. The third kappa shape index (κ3) is 52.5. The maximum Gasteiger partial charge on any atom is 0.306 e. The van der Waals surface area contributed by atoms with E-state index in [2.05, 4.69) is 62.5 Å². The summed E-state index contributed by atoms with van der Waals surface area (Å²) in [5.41, 5.74) is 0. The summed E-state index contributed by atoms with van der Waals surface area (Å²) >= 11 is 0. The maximum atomic E-state index is 12.3. The second kappa shape index (κ2) is 55.2. The van der Waals surface area contributed by atoms with Crippen molar-refractivity contribution < 1.29 is 24.2 Å². The summed E-state index contributed by atoms with van der Waals surface area (Å²) in [7, 11) is 0. The van der Waals surface area contributed by atoms with Gasteiger partial charge in [-0.2, -0.15) is 0 Å². The Morgan fingerprint density at radius 2 is 0.625 bits per heavy atom. The van der Waals surface area contributed by atoms with E-state index in [0.29, 0.717) is 12.8 Å². The fraction of sp³-hybridized carbons (Fsp3) is 0.831. The molecule has 1 unspecified atom stereocenters. The number of carbonyl (C=O) groups excluding carboxylic acids is 2. The van der Waals surface area contributed by atoms with Crippen molar-refractivity contribution in [3.8, 4) is 0 Å². The van der Waals surface area contributed by atoms with Crippen LogP contribution < -0.4 is 0 Å². The highest BCUT2D eigenvalue weighted by molar-refractivity contribution is 5.70. The van der Waals surface area contributed by atoms with Crippen molar-refractivity contribution in [1.29, 1.82) is 0 Å². The van der Waals surface area contributed by atoms with Crippen molar-refractivity contribution in [2.24, 2.45) is 0 Å². The van der Waals surface area contributed by atoms with Crippen LogP contribution in [0.25, 0.3) is 0 Å². The molecule has 374 valence electrons. The van der Waals surface area contributed by atoms with Gasteiger partial charge in [0.2, 0.25) is 0 Å². The number of aliphatic hydroxyl groups excluding tert-OH is 1. The van der Waals surface area contributed by atoms with Crippen molar-refractivity contribution >= 4 is 11.9 Å². The Morgan fingerprint density at radius 1 is 0.359 bits per heavy atom. The number of rotatable bonds is 52. The molecular formula is C59H108O5. The lowest BCUT2D eigenvalue weighted by molar-refractivity contribution is -0.161. The zero-order valence-electron chi connectivity index (χ0n) is 42.8. The summed E-state index contributed by atoms with van der Waals surface area (Å²) in [4.78, 5) is 24.5. The molecule has 0 fully saturated rings. The molecule has 64 heavy (non-hydrogen) atoms. The van der Waals surface area contributed by atoms with E-state index in [4.69, 9.17) is 9.47 Å². The van der Waals surface area contributed by atoms with Crippen LogP contribution in [0.1, 0.15) is 296 Å². The van der Waals surface area contributed by atoms with Crippen LogP contribution in [0.15, 0.2) is 48.6 Å². The second-order valence-electron chi connectivity index (χ2n) is 19.0. The molecule has 0 radical (unpaired) electrons. The third-order valence-corrected chi connectivity index (χ3v) is 12.6.